The maximum Gasteiger partial charge on any atom is 0.221 e. The number of hydrogen-bond donors (Lipinski definition) is 3. The zero-order chi connectivity index (χ0) is 5.91. The first-order valence-electron chi connectivity index (χ1n) is 1.80. The van der Waals surface area contributed by atoms with Crippen LogP contribution in [0.15, 0.2) is 12.7 Å². The molecule has 0 aromatic carbocycles. The third kappa shape index (κ3) is 2.30. The predicted octanol–water partition coefficient (Wildman–Crippen LogP) is -2.20. The molecule has 4 heteroatoms. The van der Waals surface area contributed by atoms with Crippen LogP contribution in [0.2, 0.25) is 0 Å². The van der Waals surface area contributed by atoms with Crippen molar-refractivity contribution in [2.75, 3.05) is 0 Å². The van der Waals surface area contributed by atoms with Crippen molar-refractivity contribution in [3.05, 3.63) is 17.9 Å². The van der Waals surface area contributed by atoms with E-state index in [1.165, 1.54) is 6.08 Å². The van der Waals surface area contributed by atoms with E-state index in [1.807, 2.05) is 0 Å². The minimum atomic E-state index is -1.33. The van der Waals surface area contributed by atoms with Crippen molar-refractivity contribution in [1.82, 2.24) is 0 Å². The summed E-state index contributed by atoms with van der Waals surface area (Å²) in [6.07, 6.45) is 1.18. The van der Waals surface area contributed by atoms with Crippen LogP contribution in [0.3, 0.4) is 0 Å². The Bertz CT molecular complexity index is 70.6. The second-order valence-electron chi connectivity index (χ2n) is 1.32. The smallest absolute Gasteiger partial charge is 0.221 e. The number of hydrogen-bond acceptors (Lipinski definition) is 3. The molecule has 0 saturated heterocycles. The third-order valence-corrected chi connectivity index (χ3v) is 0.558. The van der Waals surface area contributed by atoms with Crippen LogP contribution in [0.5, 0.6) is 0 Å². The Hall–Kier alpha value is -0.420. The molecule has 0 fully saturated rings. The van der Waals surface area contributed by atoms with Crippen molar-refractivity contribution in [2.45, 2.75) is 5.79 Å². The molecule has 0 heterocycles. The van der Waals surface area contributed by atoms with Gasteiger partial charge in [-0.25, -0.2) is 0 Å². The summed E-state index contributed by atoms with van der Waals surface area (Å²) in [5, 5.41) is 9.74. The van der Waals surface area contributed by atoms with Crippen LogP contribution in [-0.2, 0) is 0 Å². The molecule has 0 aromatic rings. The maximum absolute atomic E-state index is 9.74. The van der Waals surface area contributed by atoms with Crippen molar-refractivity contribution >= 4 is 0 Å². The van der Waals surface area contributed by atoms with Gasteiger partial charge in [0.05, 0.1) is 0 Å². The SMILES string of the molecule is C=CC(N)(N)[NH2+][O-]. The summed E-state index contributed by atoms with van der Waals surface area (Å²) < 4.78 is 0. The fraction of sp³-hybridized carbons (Fsp3) is 0.333. The number of hydroxylamine groups is 1. The summed E-state index contributed by atoms with van der Waals surface area (Å²) in [7, 11) is 0. The fourth-order valence-corrected chi connectivity index (χ4v) is 0.0481. The number of quaternary nitrogens is 1. The minimum Gasteiger partial charge on any atom is -0.633 e. The summed E-state index contributed by atoms with van der Waals surface area (Å²) in [6, 6.07) is 0. The van der Waals surface area contributed by atoms with Crippen molar-refractivity contribution in [1.29, 1.82) is 0 Å². The minimum absolute atomic E-state index is 0.431. The zero-order valence-electron chi connectivity index (χ0n) is 3.92. The second-order valence-corrected chi connectivity index (χ2v) is 1.32. The molecule has 7 heavy (non-hydrogen) atoms. The van der Waals surface area contributed by atoms with Crippen molar-refractivity contribution < 1.29 is 5.48 Å². The molecule has 0 atom stereocenters. The summed E-state index contributed by atoms with van der Waals surface area (Å²) >= 11 is 0. The van der Waals surface area contributed by atoms with Crippen LogP contribution in [0.4, 0.5) is 0 Å². The van der Waals surface area contributed by atoms with E-state index in [4.69, 9.17) is 11.5 Å². The summed E-state index contributed by atoms with van der Waals surface area (Å²) in [6.45, 7) is 3.22. The van der Waals surface area contributed by atoms with Gasteiger partial charge in [-0.3, -0.25) is 11.5 Å². The van der Waals surface area contributed by atoms with Gasteiger partial charge < -0.3 is 10.7 Å². The normalized spacial score (nSPS) is 11.3. The first-order chi connectivity index (χ1) is 3.12. The van der Waals surface area contributed by atoms with Gasteiger partial charge in [-0.2, -0.15) is 0 Å². The molecule has 0 saturated carbocycles. The van der Waals surface area contributed by atoms with Gasteiger partial charge in [0.25, 0.3) is 0 Å². The van der Waals surface area contributed by atoms with E-state index in [1.54, 1.807) is 0 Å². The van der Waals surface area contributed by atoms with Gasteiger partial charge in [-0.15, -0.1) is 0 Å². The third-order valence-electron chi connectivity index (χ3n) is 0.558. The largest absolute Gasteiger partial charge is 0.633 e. The second kappa shape index (κ2) is 2.04. The number of nitrogens with two attached hydrogens (primary N) is 3. The average Bonchev–Trinajstić information content (AvgIpc) is 1.68. The van der Waals surface area contributed by atoms with E-state index in [9.17, 15) is 5.21 Å². The van der Waals surface area contributed by atoms with Crippen molar-refractivity contribution in [3.63, 3.8) is 0 Å². The molecule has 0 amide bonds. The van der Waals surface area contributed by atoms with Gasteiger partial charge in [0.15, 0.2) is 0 Å². The van der Waals surface area contributed by atoms with Crippen LogP contribution < -0.4 is 16.9 Å². The molecule has 0 aliphatic heterocycles. The van der Waals surface area contributed by atoms with E-state index in [0.29, 0.717) is 5.48 Å². The molecule has 6 N–H and O–H groups in total. The lowest BCUT2D eigenvalue weighted by Crippen LogP contribution is -2.98. The van der Waals surface area contributed by atoms with Crippen molar-refractivity contribution in [3.8, 4) is 0 Å². The Balaban J connectivity index is 3.58. The fourth-order valence-electron chi connectivity index (χ4n) is 0.0481. The lowest BCUT2D eigenvalue weighted by atomic mass is 10.4. The predicted molar refractivity (Wildman–Crippen MR) is 26.6 cm³/mol. The van der Waals surface area contributed by atoms with Crippen molar-refractivity contribution in [2.24, 2.45) is 11.5 Å². The van der Waals surface area contributed by atoms with E-state index < -0.39 is 5.79 Å². The first kappa shape index (κ1) is 6.58. The highest BCUT2D eigenvalue weighted by molar-refractivity contribution is 4.83. The Morgan fingerprint density at radius 3 is 2.14 bits per heavy atom. The molecular formula is C3H9N3O. The summed E-state index contributed by atoms with van der Waals surface area (Å²) in [5.41, 5.74) is 10.4. The Labute approximate surface area is 41.8 Å². The van der Waals surface area contributed by atoms with Crippen LogP contribution >= 0.6 is 0 Å². The molecule has 0 radical (unpaired) electrons. The molecule has 0 aliphatic carbocycles. The van der Waals surface area contributed by atoms with Crippen LogP contribution in [0, 0.1) is 5.21 Å². The molecule has 0 bridgehead atoms. The van der Waals surface area contributed by atoms with Gasteiger partial charge in [-0.05, 0) is 0 Å². The Kier molecular flexibility index (Phi) is 1.91. The zero-order valence-corrected chi connectivity index (χ0v) is 3.92. The van der Waals surface area contributed by atoms with Gasteiger partial charge >= 0.3 is 0 Å². The first-order valence-corrected chi connectivity index (χ1v) is 1.80. The Morgan fingerprint density at radius 2 is 2.14 bits per heavy atom. The monoisotopic (exact) mass is 103 g/mol. The lowest BCUT2D eigenvalue weighted by Gasteiger charge is -2.18. The highest BCUT2D eigenvalue weighted by Gasteiger charge is 2.09. The summed E-state index contributed by atoms with van der Waals surface area (Å²) in [4.78, 5) is 0. The van der Waals surface area contributed by atoms with Crippen LogP contribution in [0.1, 0.15) is 0 Å². The van der Waals surface area contributed by atoms with Crippen LogP contribution in [0.25, 0.3) is 0 Å². The molecule has 0 rings (SSSR count). The van der Waals surface area contributed by atoms with Crippen LogP contribution in [-0.4, -0.2) is 5.79 Å². The number of rotatable bonds is 2. The van der Waals surface area contributed by atoms with E-state index >= 15 is 0 Å². The van der Waals surface area contributed by atoms with E-state index in [-0.39, 0.29) is 0 Å². The van der Waals surface area contributed by atoms with Gasteiger partial charge in [0.2, 0.25) is 5.79 Å². The molecule has 0 aliphatic rings. The quantitative estimate of drug-likeness (QED) is 0.210. The van der Waals surface area contributed by atoms with E-state index in [2.05, 4.69) is 6.58 Å². The maximum atomic E-state index is 9.74. The average molecular weight is 103 g/mol. The standard InChI is InChI=1S/C3H9N3O/c1-2-3(4,5)6-7/h2H,1,4-6H2. The topological polar surface area (TPSA) is 91.7 Å². The molecule has 0 unspecified atom stereocenters. The molecule has 42 valence electrons. The lowest BCUT2D eigenvalue weighted by molar-refractivity contribution is -0.655. The Morgan fingerprint density at radius 1 is 1.71 bits per heavy atom. The highest BCUT2D eigenvalue weighted by atomic mass is 16.5. The molecule has 4 nitrogen and oxygen atoms in total. The van der Waals surface area contributed by atoms with Gasteiger partial charge in [0, 0.05) is 6.08 Å². The highest BCUT2D eigenvalue weighted by Crippen LogP contribution is 1.69. The molecule has 0 spiro atoms. The van der Waals surface area contributed by atoms with E-state index in [0.717, 1.165) is 0 Å². The summed E-state index contributed by atoms with van der Waals surface area (Å²) in [5.74, 6) is -1.33. The molecule has 0 aromatic heterocycles. The molecular weight excluding hydrogens is 94.1 g/mol. The van der Waals surface area contributed by atoms with Gasteiger partial charge in [-0.1, -0.05) is 6.58 Å². The van der Waals surface area contributed by atoms with Gasteiger partial charge in [0.1, 0.15) is 0 Å².